The summed E-state index contributed by atoms with van der Waals surface area (Å²) >= 11 is 0. The van der Waals surface area contributed by atoms with Crippen LogP contribution in [0.25, 0.3) is 11.1 Å². The quantitative estimate of drug-likeness (QED) is 0.688. The monoisotopic (exact) mass is 332 g/mol. The molecule has 124 valence electrons. The van der Waals surface area contributed by atoms with Gasteiger partial charge in [-0.25, -0.2) is 4.39 Å². The third-order valence-corrected chi connectivity index (χ3v) is 4.73. The first-order valence-electron chi connectivity index (χ1n) is 8.14. The van der Waals surface area contributed by atoms with Crippen molar-refractivity contribution in [1.82, 2.24) is 0 Å². The van der Waals surface area contributed by atoms with Gasteiger partial charge in [0.05, 0.1) is 0 Å². The number of fused-ring (bicyclic) bond motifs is 1. The van der Waals surface area contributed by atoms with Gasteiger partial charge in [0.2, 0.25) is 0 Å². The minimum atomic E-state index is -0.277. The van der Waals surface area contributed by atoms with E-state index in [0.29, 0.717) is 0 Å². The number of halogens is 1. The predicted octanol–water partition coefficient (Wildman–Crippen LogP) is 5.06. The summed E-state index contributed by atoms with van der Waals surface area (Å²) in [6, 6.07) is 17.1. The van der Waals surface area contributed by atoms with E-state index in [2.05, 4.69) is 0 Å². The molecule has 0 saturated heterocycles. The maximum atomic E-state index is 13.4. The highest BCUT2D eigenvalue weighted by Gasteiger charge is 2.26. The Morgan fingerprint density at radius 1 is 0.800 bits per heavy atom. The molecule has 0 fully saturated rings. The number of aryl methyl sites for hydroxylation is 1. The Bertz CT molecular complexity index is 984. The van der Waals surface area contributed by atoms with E-state index in [9.17, 15) is 14.6 Å². The zero-order chi connectivity index (χ0) is 17.6. The van der Waals surface area contributed by atoms with Gasteiger partial charge in [-0.05, 0) is 88.7 Å². The lowest BCUT2D eigenvalue weighted by molar-refractivity contribution is 0.474. The molecule has 2 N–H and O–H groups in total. The van der Waals surface area contributed by atoms with Gasteiger partial charge in [0.15, 0.2) is 0 Å². The molecule has 0 spiro atoms. The van der Waals surface area contributed by atoms with Gasteiger partial charge in [-0.1, -0.05) is 24.3 Å². The fourth-order valence-corrected chi connectivity index (χ4v) is 3.54. The summed E-state index contributed by atoms with van der Waals surface area (Å²) in [7, 11) is 0. The van der Waals surface area contributed by atoms with Crippen molar-refractivity contribution in [2.45, 2.75) is 13.3 Å². The molecule has 0 radical (unpaired) electrons. The smallest absolute Gasteiger partial charge is 0.123 e. The van der Waals surface area contributed by atoms with Crippen LogP contribution in [0.1, 0.15) is 27.8 Å². The van der Waals surface area contributed by atoms with Gasteiger partial charge in [-0.3, -0.25) is 0 Å². The molecule has 0 amide bonds. The summed E-state index contributed by atoms with van der Waals surface area (Å²) < 4.78 is 13.4. The van der Waals surface area contributed by atoms with Gasteiger partial charge in [0, 0.05) is 0 Å². The molecular weight excluding hydrogens is 315 g/mol. The molecule has 3 heteroatoms. The topological polar surface area (TPSA) is 40.5 Å². The van der Waals surface area contributed by atoms with E-state index in [-0.39, 0.29) is 17.3 Å². The molecule has 0 unspecified atom stereocenters. The Hall–Kier alpha value is -3.07. The molecule has 0 atom stereocenters. The molecule has 0 aromatic heterocycles. The van der Waals surface area contributed by atoms with Gasteiger partial charge >= 0.3 is 0 Å². The third kappa shape index (κ3) is 2.68. The number of hydrogen-bond acceptors (Lipinski definition) is 2. The number of benzene rings is 3. The van der Waals surface area contributed by atoms with Crippen LogP contribution in [0.3, 0.4) is 0 Å². The van der Waals surface area contributed by atoms with Crippen molar-refractivity contribution in [3.05, 3.63) is 94.3 Å². The molecule has 3 aromatic rings. The van der Waals surface area contributed by atoms with E-state index in [1.807, 2.05) is 19.1 Å². The van der Waals surface area contributed by atoms with E-state index >= 15 is 0 Å². The standard InChI is InChI=1S/C22H17FO2/c1-13-10-18(25)11-21-19(13)12-20(14-4-8-17(24)9-5-14)22(21)15-2-6-16(23)7-3-15/h2-11,24-25H,12H2,1H3. The molecule has 1 aliphatic rings. The second kappa shape index (κ2) is 5.78. The van der Waals surface area contributed by atoms with Gasteiger partial charge in [-0.15, -0.1) is 0 Å². The van der Waals surface area contributed by atoms with E-state index in [1.165, 1.54) is 17.7 Å². The summed E-state index contributed by atoms with van der Waals surface area (Å²) in [6.07, 6.45) is 0.735. The Kier molecular flexibility index (Phi) is 3.57. The number of rotatable bonds is 2. The molecule has 3 aromatic carbocycles. The molecule has 1 aliphatic carbocycles. The average Bonchev–Trinajstić information content (AvgIpc) is 2.96. The Labute approximate surface area is 145 Å². The summed E-state index contributed by atoms with van der Waals surface area (Å²) in [6.45, 7) is 1.99. The van der Waals surface area contributed by atoms with Crippen molar-refractivity contribution in [1.29, 1.82) is 0 Å². The Balaban J connectivity index is 1.98. The number of aromatic hydroxyl groups is 2. The van der Waals surface area contributed by atoms with E-state index in [4.69, 9.17) is 0 Å². The van der Waals surface area contributed by atoms with Crippen molar-refractivity contribution >= 4 is 11.1 Å². The molecule has 25 heavy (non-hydrogen) atoms. The van der Waals surface area contributed by atoms with E-state index in [1.54, 1.807) is 36.4 Å². The van der Waals surface area contributed by atoms with Crippen molar-refractivity contribution in [2.24, 2.45) is 0 Å². The highest BCUT2D eigenvalue weighted by Crippen LogP contribution is 2.44. The molecule has 0 heterocycles. The summed E-state index contributed by atoms with van der Waals surface area (Å²) in [4.78, 5) is 0. The van der Waals surface area contributed by atoms with Crippen LogP contribution < -0.4 is 0 Å². The van der Waals surface area contributed by atoms with E-state index in [0.717, 1.165) is 39.8 Å². The van der Waals surface area contributed by atoms with Gasteiger partial charge in [-0.2, -0.15) is 0 Å². The van der Waals surface area contributed by atoms with Crippen molar-refractivity contribution < 1.29 is 14.6 Å². The fourth-order valence-electron chi connectivity index (χ4n) is 3.54. The number of phenols is 2. The largest absolute Gasteiger partial charge is 0.508 e. The first kappa shape index (κ1) is 15.5. The zero-order valence-corrected chi connectivity index (χ0v) is 13.8. The number of allylic oxidation sites excluding steroid dienone is 1. The summed E-state index contributed by atoms with van der Waals surface area (Å²) in [5.74, 6) is 0.167. The lowest BCUT2D eigenvalue weighted by Gasteiger charge is -2.11. The minimum Gasteiger partial charge on any atom is -0.508 e. The van der Waals surface area contributed by atoms with Crippen molar-refractivity contribution in [3.8, 4) is 11.5 Å². The van der Waals surface area contributed by atoms with Crippen LogP contribution in [0.2, 0.25) is 0 Å². The van der Waals surface area contributed by atoms with Crippen LogP contribution in [0.5, 0.6) is 11.5 Å². The Morgan fingerprint density at radius 3 is 2.12 bits per heavy atom. The third-order valence-electron chi connectivity index (χ3n) is 4.73. The van der Waals surface area contributed by atoms with Crippen LogP contribution in [0.15, 0.2) is 60.7 Å². The summed E-state index contributed by atoms with van der Waals surface area (Å²) in [5, 5.41) is 19.6. The van der Waals surface area contributed by atoms with Crippen LogP contribution in [-0.2, 0) is 6.42 Å². The van der Waals surface area contributed by atoms with Crippen molar-refractivity contribution in [2.75, 3.05) is 0 Å². The highest BCUT2D eigenvalue weighted by molar-refractivity contribution is 6.04. The predicted molar refractivity (Wildman–Crippen MR) is 97.0 cm³/mol. The normalized spacial score (nSPS) is 13.2. The van der Waals surface area contributed by atoms with E-state index < -0.39 is 0 Å². The lowest BCUT2D eigenvalue weighted by atomic mass is 9.94. The van der Waals surface area contributed by atoms with Crippen LogP contribution in [0.4, 0.5) is 4.39 Å². The molecule has 0 bridgehead atoms. The summed E-state index contributed by atoms with van der Waals surface area (Å²) in [5.41, 5.74) is 7.20. The molecule has 0 saturated carbocycles. The molecule has 2 nitrogen and oxygen atoms in total. The first-order valence-corrected chi connectivity index (χ1v) is 8.14. The number of phenolic OH excluding ortho intramolecular Hbond substituents is 2. The van der Waals surface area contributed by atoms with Crippen molar-refractivity contribution in [3.63, 3.8) is 0 Å². The Morgan fingerprint density at radius 2 is 1.44 bits per heavy atom. The maximum absolute atomic E-state index is 13.4. The molecular formula is C22H17FO2. The first-order chi connectivity index (χ1) is 12.0. The maximum Gasteiger partial charge on any atom is 0.123 e. The fraction of sp³-hybridized carbons (Fsp3) is 0.0909. The van der Waals surface area contributed by atoms with Gasteiger partial charge < -0.3 is 10.2 Å². The lowest BCUT2D eigenvalue weighted by Crippen LogP contribution is -1.91. The van der Waals surface area contributed by atoms with Crippen LogP contribution >= 0.6 is 0 Å². The molecule has 0 aliphatic heterocycles. The van der Waals surface area contributed by atoms with Gasteiger partial charge in [0.1, 0.15) is 17.3 Å². The van der Waals surface area contributed by atoms with Crippen LogP contribution in [-0.4, -0.2) is 10.2 Å². The second-order valence-electron chi connectivity index (χ2n) is 6.37. The second-order valence-corrected chi connectivity index (χ2v) is 6.37. The minimum absolute atomic E-state index is 0.219. The van der Waals surface area contributed by atoms with Crippen LogP contribution in [0, 0.1) is 12.7 Å². The molecule has 4 rings (SSSR count). The highest BCUT2D eigenvalue weighted by atomic mass is 19.1. The SMILES string of the molecule is Cc1cc(O)cc2c1CC(c1ccc(O)cc1)=C2c1ccc(F)cc1. The number of hydrogen-bond donors (Lipinski definition) is 2. The van der Waals surface area contributed by atoms with Gasteiger partial charge in [0.25, 0.3) is 0 Å². The zero-order valence-electron chi connectivity index (χ0n) is 13.8. The average molecular weight is 332 g/mol.